The second kappa shape index (κ2) is 9.32. The molecule has 8 nitrogen and oxygen atoms in total. The SMILES string of the molecule is COc1cc2ncnc(Nc3cccc(Cl)c3F)c2cc1C[N+]1(C(N)=O)C[C@@H](N(C)C)CC1C. The van der Waals surface area contributed by atoms with Gasteiger partial charge in [-0.3, -0.25) is 0 Å². The standard InChI is InChI=1S/C24H28ClFN6O2/c1-14-8-16(31(2)3)12-32(14,24(27)33)11-15-9-17-20(10-21(15)34-4)28-13-29-23(17)30-19-7-5-6-18(25)22(19)26/h5-7,9-10,13-14,16H,8,11-12H2,1-4H3,(H2-,27,28,29,30,33)/p+1/t14?,16-,32?/m0/s1. The van der Waals surface area contributed by atoms with Gasteiger partial charge in [0.2, 0.25) is 0 Å². The Bertz CT molecular complexity index is 1240. The number of nitrogens with one attached hydrogen (secondary N) is 1. The van der Waals surface area contributed by atoms with Crippen LogP contribution < -0.4 is 15.8 Å². The number of benzene rings is 2. The van der Waals surface area contributed by atoms with Crippen LogP contribution in [0.4, 0.5) is 20.7 Å². The average molecular weight is 488 g/mol. The fraction of sp³-hybridized carbons (Fsp3) is 0.375. The van der Waals surface area contributed by atoms with Crippen LogP contribution in [0.15, 0.2) is 36.7 Å². The molecule has 3 aromatic rings. The number of hydrogen-bond donors (Lipinski definition) is 2. The maximum absolute atomic E-state index is 14.5. The predicted octanol–water partition coefficient (Wildman–Crippen LogP) is 4.29. The van der Waals surface area contributed by atoms with Gasteiger partial charge >= 0.3 is 6.03 Å². The molecule has 2 aromatic carbocycles. The van der Waals surface area contributed by atoms with E-state index in [-0.39, 0.29) is 33.3 Å². The van der Waals surface area contributed by atoms with Crippen molar-refractivity contribution in [2.75, 3.05) is 33.1 Å². The number of primary amides is 1. The number of hydrogen-bond acceptors (Lipinski definition) is 6. The number of fused-ring (bicyclic) bond motifs is 1. The third kappa shape index (κ3) is 4.26. The van der Waals surface area contributed by atoms with Crippen molar-refractivity contribution in [3.8, 4) is 5.75 Å². The van der Waals surface area contributed by atoms with E-state index in [0.29, 0.717) is 35.6 Å². The lowest BCUT2D eigenvalue weighted by atomic mass is 10.1. The Morgan fingerprint density at radius 2 is 2.12 bits per heavy atom. The van der Waals surface area contributed by atoms with Crippen molar-refractivity contribution in [1.29, 1.82) is 0 Å². The Morgan fingerprint density at radius 1 is 1.35 bits per heavy atom. The molecule has 0 radical (unpaired) electrons. The van der Waals surface area contributed by atoms with Crippen LogP contribution in [-0.4, -0.2) is 65.2 Å². The highest BCUT2D eigenvalue weighted by Crippen LogP contribution is 2.37. The zero-order valence-corrected chi connectivity index (χ0v) is 20.4. The van der Waals surface area contributed by atoms with Crippen LogP contribution in [0.1, 0.15) is 18.9 Å². The van der Waals surface area contributed by atoms with Crippen molar-refractivity contribution < 1.29 is 18.4 Å². The van der Waals surface area contributed by atoms with Crippen molar-refractivity contribution >= 4 is 40.0 Å². The first kappa shape index (κ1) is 24.1. The normalized spacial score (nSPS) is 22.3. The monoisotopic (exact) mass is 487 g/mol. The molecular weight excluding hydrogens is 459 g/mol. The molecule has 2 unspecified atom stereocenters. The van der Waals surface area contributed by atoms with Crippen LogP contribution in [0.2, 0.25) is 5.02 Å². The summed E-state index contributed by atoms with van der Waals surface area (Å²) in [7, 11) is 5.61. The lowest BCUT2D eigenvalue weighted by molar-refractivity contribution is -0.873. The minimum absolute atomic E-state index is 0.0112. The third-order valence-electron chi connectivity index (χ3n) is 6.86. The number of urea groups is 1. The number of carbonyl (C=O) groups excluding carboxylic acids is 1. The molecule has 1 aromatic heterocycles. The molecule has 2 amide bonds. The maximum Gasteiger partial charge on any atom is 0.414 e. The topological polar surface area (TPSA) is 93.4 Å². The smallest absolute Gasteiger partial charge is 0.414 e. The highest BCUT2D eigenvalue weighted by atomic mass is 35.5. The lowest BCUT2D eigenvalue weighted by Gasteiger charge is -2.34. The molecule has 34 heavy (non-hydrogen) atoms. The van der Waals surface area contributed by atoms with Crippen LogP contribution >= 0.6 is 11.6 Å². The van der Waals surface area contributed by atoms with E-state index in [9.17, 15) is 9.18 Å². The van der Waals surface area contributed by atoms with Crippen LogP contribution in [-0.2, 0) is 6.54 Å². The van der Waals surface area contributed by atoms with Gasteiger partial charge in [0.25, 0.3) is 0 Å². The lowest BCUT2D eigenvalue weighted by Crippen LogP contribution is -2.58. The molecule has 0 saturated carbocycles. The molecule has 4 rings (SSSR count). The average Bonchev–Trinajstić information content (AvgIpc) is 3.14. The number of amides is 2. The molecule has 1 fully saturated rings. The molecule has 10 heteroatoms. The summed E-state index contributed by atoms with van der Waals surface area (Å²) in [6.07, 6.45) is 2.25. The van der Waals surface area contributed by atoms with E-state index in [4.69, 9.17) is 22.1 Å². The molecule has 1 aliphatic heterocycles. The van der Waals surface area contributed by atoms with E-state index in [1.165, 1.54) is 12.4 Å². The summed E-state index contributed by atoms with van der Waals surface area (Å²) < 4.78 is 20.3. The van der Waals surface area contributed by atoms with Gasteiger partial charge in [0.05, 0.1) is 35.4 Å². The van der Waals surface area contributed by atoms with Gasteiger partial charge in [-0.25, -0.2) is 23.6 Å². The van der Waals surface area contributed by atoms with Gasteiger partial charge < -0.3 is 20.7 Å². The number of likely N-dealkylation sites (tertiary alicyclic amines) is 1. The molecule has 0 spiro atoms. The van der Waals surface area contributed by atoms with Crippen LogP contribution in [0.5, 0.6) is 5.75 Å². The largest absolute Gasteiger partial charge is 0.496 e. The number of halogens is 2. The first-order valence-corrected chi connectivity index (χ1v) is 11.4. The second-order valence-electron chi connectivity index (χ2n) is 9.05. The molecule has 2 heterocycles. The Balaban J connectivity index is 1.79. The van der Waals surface area contributed by atoms with E-state index in [2.05, 4.69) is 27.1 Å². The second-order valence-corrected chi connectivity index (χ2v) is 9.45. The molecule has 3 atom stereocenters. The Morgan fingerprint density at radius 3 is 2.76 bits per heavy atom. The Kier molecular flexibility index (Phi) is 6.62. The van der Waals surface area contributed by atoms with Crippen molar-refractivity contribution in [3.05, 3.63) is 53.1 Å². The predicted molar refractivity (Wildman–Crippen MR) is 131 cm³/mol. The van der Waals surface area contributed by atoms with E-state index in [1.54, 1.807) is 25.3 Å². The maximum atomic E-state index is 14.5. The van der Waals surface area contributed by atoms with Crippen molar-refractivity contribution in [2.45, 2.75) is 32.0 Å². The molecule has 180 valence electrons. The molecule has 0 bridgehead atoms. The summed E-state index contributed by atoms with van der Waals surface area (Å²) in [5.41, 5.74) is 7.60. The summed E-state index contributed by atoms with van der Waals surface area (Å²) in [6.45, 7) is 3.02. The number of likely N-dealkylation sites (N-methyl/N-ethyl adjacent to an activating group) is 1. The number of anilines is 2. The van der Waals surface area contributed by atoms with Gasteiger partial charge in [-0.15, -0.1) is 0 Å². The minimum Gasteiger partial charge on any atom is -0.496 e. The zero-order valence-electron chi connectivity index (χ0n) is 19.7. The molecular formula is C24H29ClFN6O2+. The first-order valence-electron chi connectivity index (χ1n) is 11.0. The van der Waals surface area contributed by atoms with Crippen LogP contribution in [0.3, 0.4) is 0 Å². The third-order valence-corrected chi connectivity index (χ3v) is 7.15. The summed E-state index contributed by atoms with van der Waals surface area (Å²) in [5.74, 6) is 0.454. The van der Waals surface area contributed by atoms with Gasteiger partial charge in [0.15, 0.2) is 5.82 Å². The highest BCUT2D eigenvalue weighted by Gasteiger charge is 2.50. The fourth-order valence-corrected chi connectivity index (χ4v) is 4.95. The van der Waals surface area contributed by atoms with Gasteiger partial charge in [-0.1, -0.05) is 17.7 Å². The molecule has 1 saturated heterocycles. The number of quaternary nitrogens is 1. The number of ether oxygens (including phenoxy) is 1. The molecule has 0 aliphatic carbocycles. The van der Waals surface area contributed by atoms with Gasteiger partial charge in [-0.2, -0.15) is 0 Å². The molecule has 1 aliphatic rings. The van der Waals surface area contributed by atoms with Crippen LogP contribution in [0, 0.1) is 5.82 Å². The van der Waals surface area contributed by atoms with E-state index in [0.717, 1.165) is 12.0 Å². The summed E-state index contributed by atoms with van der Waals surface area (Å²) in [6, 6.07) is 8.31. The zero-order chi connectivity index (χ0) is 24.6. The summed E-state index contributed by atoms with van der Waals surface area (Å²) >= 11 is 5.94. The number of methoxy groups -OCH3 is 1. The van der Waals surface area contributed by atoms with Crippen molar-refractivity contribution in [1.82, 2.24) is 14.9 Å². The first-order chi connectivity index (χ1) is 16.2. The fourth-order valence-electron chi connectivity index (χ4n) is 4.78. The number of nitrogens with zero attached hydrogens (tertiary/aromatic N) is 4. The number of carbonyl (C=O) groups is 1. The number of aromatic nitrogens is 2. The highest BCUT2D eigenvalue weighted by molar-refractivity contribution is 6.31. The minimum atomic E-state index is -0.566. The van der Waals surface area contributed by atoms with Crippen LogP contribution in [0.25, 0.3) is 10.9 Å². The van der Waals surface area contributed by atoms with E-state index in [1.807, 2.05) is 20.2 Å². The van der Waals surface area contributed by atoms with Gasteiger partial charge in [0.1, 0.15) is 31.0 Å². The summed E-state index contributed by atoms with van der Waals surface area (Å²) in [5, 5.41) is 3.70. The van der Waals surface area contributed by atoms with E-state index < -0.39 is 5.82 Å². The Labute approximate surface area is 203 Å². The van der Waals surface area contributed by atoms with Gasteiger partial charge in [-0.05, 0) is 39.2 Å². The van der Waals surface area contributed by atoms with E-state index >= 15 is 0 Å². The quantitative estimate of drug-likeness (QED) is 0.504. The van der Waals surface area contributed by atoms with Crippen molar-refractivity contribution in [2.24, 2.45) is 5.73 Å². The summed E-state index contributed by atoms with van der Waals surface area (Å²) in [4.78, 5) is 23.6. The van der Waals surface area contributed by atoms with Gasteiger partial charge in [0, 0.05) is 23.4 Å². The van der Waals surface area contributed by atoms with Crippen molar-refractivity contribution in [3.63, 3.8) is 0 Å². The Hall–Kier alpha value is -3.01. The number of nitrogens with two attached hydrogens (primary N) is 1. The number of rotatable bonds is 6. The molecule has 3 N–H and O–H groups in total.